The molecule has 0 atom stereocenters. The molecule has 0 radical (unpaired) electrons. The molecule has 4 aromatic carbocycles. The Morgan fingerprint density at radius 3 is 2.48 bits per heavy atom. The summed E-state index contributed by atoms with van der Waals surface area (Å²) < 4.78 is 1.11. The summed E-state index contributed by atoms with van der Waals surface area (Å²) in [6, 6.07) is 30.3. The first-order chi connectivity index (χ1) is 15.2. The number of thiazole rings is 1. The minimum atomic E-state index is -0.0320. The molecule has 1 amide bonds. The molecule has 5 rings (SSSR count). The summed E-state index contributed by atoms with van der Waals surface area (Å²) >= 11 is 1.58. The summed E-state index contributed by atoms with van der Waals surface area (Å²) in [6.45, 7) is 2.62. The number of aryl methyl sites for hydroxylation is 1. The fraction of sp³-hybridized carbons (Fsp3) is 0.111. The summed E-state index contributed by atoms with van der Waals surface area (Å²) in [4.78, 5) is 20.5. The fourth-order valence-corrected chi connectivity index (χ4v) is 4.87. The Morgan fingerprint density at radius 2 is 1.65 bits per heavy atom. The maximum absolute atomic E-state index is 13.9. The van der Waals surface area contributed by atoms with Crippen molar-refractivity contribution in [3.8, 4) is 0 Å². The first-order valence-electron chi connectivity index (χ1n) is 10.5. The number of anilines is 1. The molecule has 1 aromatic heterocycles. The lowest BCUT2D eigenvalue weighted by atomic mass is 10.0. The molecule has 0 saturated heterocycles. The minimum absolute atomic E-state index is 0.0320. The zero-order valence-corrected chi connectivity index (χ0v) is 18.1. The molecule has 0 aliphatic carbocycles. The number of hydrogen-bond acceptors (Lipinski definition) is 3. The summed E-state index contributed by atoms with van der Waals surface area (Å²) in [5, 5.41) is 2.75. The van der Waals surface area contributed by atoms with Crippen LogP contribution in [-0.4, -0.2) is 10.9 Å². The van der Waals surface area contributed by atoms with Gasteiger partial charge < -0.3 is 0 Å². The van der Waals surface area contributed by atoms with Crippen molar-refractivity contribution in [1.82, 2.24) is 4.98 Å². The molecule has 4 heteroatoms. The molecule has 0 unspecified atom stereocenters. The zero-order valence-electron chi connectivity index (χ0n) is 17.3. The van der Waals surface area contributed by atoms with Crippen LogP contribution in [0.15, 0.2) is 91.0 Å². The van der Waals surface area contributed by atoms with Gasteiger partial charge in [0.05, 0.1) is 16.8 Å². The fourth-order valence-electron chi connectivity index (χ4n) is 3.84. The van der Waals surface area contributed by atoms with Crippen LogP contribution in [0.25, 0.3) is 21.0 Å². The number of rotatable bonds is 5. The minimum Gasteiger partial charge on any atom is -0.279 e. The van der Waals surface area contributed by atoms with Crippen LogP contribution in [0.2, 0.25) is 0 Å². The first kappa shape index (κ1) is 19.5. The lowest BCUT2D eigenvalue weighted by Gasteiger charge is -2.21. The van der Waals surface area contributed by atoms with Crippen molar-refractivity contribution in [3.05, 3.63) is 108 Å². The third-order valence-electron chi connectivity index (χ3n) is 5.53. The van der Waals surface area contributed by atoms with E-state index in [0.29, 0.717) is 12.1 Å². The van der Waals surface area contributed by atoms with Crippen molar-refractivity contribution in [2.75, 3.05) is 4.90 Å². The van der Waals surface area contributed by atoms with Crippen molar-refractivity contribution in [2.24, 2.45) is 0 Å². The van der Waals surface area contributed by atoms with Crippen LogP contribution in [0.4, 0.5) is 5.13 Å². The van der Waals surface area contributed by atoms with Crippen LogP contribution in [0.5, 0.6) is 0 Å². The molecule has 0 N–H and O–H groups in total. The van der Waals surface area contributed by atoms with Gasteiger partial charge in [0, 0.05) is 5.56 Å². The third kappa shape index (κ3) is 3.82. The summed E-state index contributed by atoms with van der Waals surface area (Å²) in [7, 11) is 0. The van der Waals surface area contributed by atoms with Gasteiger partial charge in [0.25, 0.3) is 5.91 Å². The van der Waals surface area contributed by atoms with Crippen LogP contribution < -0.4 is 4.90 Å². The molecule has 0 spiro atoms. The number of carbonyl (C=O) groups excluding carboxylic acids is 1. The van der Waals surface area contributed by atoms with E-state index >= 15 is 0 Å². The van der Waals surface area contributed by atoms with Gasteiger partial charge in [-0.25, -0.2) is 4.98 Å². The molecule has 152 valence electrons. The average Bonchev–Trinajstić information content (AvgIpc) is 3.25. The van der Waals surface area contributed by atoms with Crippen molar-refractivity contribution in [3.63, 3.8) is 0 Å². The second-order valence-corrected chi connectivity index (χ2v) is 8.56. The van der Waals surface area contributed by atoms with Crippen LogP contribution in [-0.2, 0) is 13.0 Å². The average molecular weight is 423 g/mol. The standard InChI is InChI=1S/C27H22N2OS/c1-2-19-15-16-24-25(17-19)31-27(28-24)29(18-20-9-4-3-5-10-20)26(30)23-14-8-12-21-11-6-7-13-22(21)23/h3-17H,2,18H2,1H3. The van der Waals surface area contributed by atoms with Gasteiger partial charge in [0.15, 0.2) is 5.13 Å². The number of nitrogens with zero attached hydrogens (tertiary/aromatic N) is 2. The maximum atomic E-state index is 13.9. The predicted octanol–water partition coefficient (Wildman–Crippen LogP) is 6.86. The number of fused-ring (bicyclic) bond motifs is 2. The highest BCUT2D eigenvalue weighted by atomic mass is 32.1. The van der Waals surface area contributed by atoms with Gasteiger partial charge in [-0.3, -0.25) is 9.69 Å². The molecule has 5 aromatic rings. The molecule has 0 fully saturated rings. The second-order valence-electron chi connectivity index (χ2n) is 7.56. The number of benzene rings is 4. The highest BCUT2D eigenvalue weighted by molar-refractivity contribution is 7.22. The molecule has 3 nitrogen and oxygen atoms in total. The molecular formula is C27H22N2OS. The maximum Gasteiger partial charge on any atom is 0.261 e. The van der Waals surface area contributed by atoms with Gasteiger partial charge in [0.1, 0.15) is 0 Å². The molecule has 0 aliphatic rings. The van der Waals surface area contributed by atoms with E-state index in [-0.39, 0.29) is 5.91 Å². The number of aromatic nitrogens is 1. The van der Waals surface area contributed by atoms with Gasteiger partial charge >= 0.3 is 0 Å². The highest BCUT2D eigenvalue weighted by Crippen LogP contribution is 2.32. The largest absolute Gasteiger partial charge is 0.279 e. The molecule has 0 aliphatic heterocycles. The van der Waals surface area contributed by atoms with Gasteiger partial charge in [-0.2, -0.15) is 0 Å². The smallest absolute Gasteiger partial charge is 0.261 e. The van der Waals surface area contributed by atoms with Crippen molar-refractivity contribution >= 4 is 43.4 Å². The molecule has 31 heavy (non-hydrogen) atoms. The van der Waals surface area contributed by atoms with E-state index in [1.165, 1.54) is 5.56 Å². The Labute approximate surface area is 185 Å². The van der Waals surface area contributed by atoms with E-state index < -0.39 is 0 Å². The predicted molar refractivity (Wildman–Crippen MR) is 130 cm³/mol. The number of amides is 1. The van der Waals surface area contributed by atoms with Crippen molar-refractivity contribution in [1.29, 1.82) is 0 Å². The number of hydrogen-bond donors (Lipinski definition) is 0. The Kier molecular flexibility index (Phi) is 5.23. The molecule has 0 saturated carbocycles. The normalized spacial score (nSPS) is 11.1. The van der Waals surface area contributed by atoms with E-state index in [1.54, 1.807) is 11.3 Å². The van der Waals surface area contributed by atoms with Crippen LogP contribution in [0.1, 0.15) is 28.4 Å². The van der Waals surface area contributed by atoms with Gasteiger partial charge in [-0.15, -0.1) is 0 Å². The van der Waals surface area contributed by atoms with E-state index in [9.17, 15) is 4.79 Å². The van der Waals surface area contributed by atoms with Gasteiger partial charge in [-0.1, -0.05) is 91.1 Å². The Hall–Kier alpha value is -3.50. The van der Waals surface area contributed by atoms with Crippen molar-refractivity contribution < 1.29 is 4.79 Å². The Morgan fingerprint density at radius 1 is 0.871 bits per heavy atom. The molecular weight excluding hydrogens is 400 g/mol. The topological polar surface area (TPSA) is 33.2 Å². The zero-order chi connectivity index (χ0) is 21.2. The van der Waals surface area contributed by atoms with Crippen LogP contribution >= 0.6 is 11.3 Å². The molecule has 1 heterocycles. The monoisotopic (exact) mass is 422 g/mol. The van der Waals surface area contributed by atoms with E-state index in [1.807, 2.05) is 77.7 Å². The van der Waals surface area contributed by atoms with E-state index in [4.69, 9.17) is 4.98 Å². The quantitative estimate of drug-likeness (QED) is 0.310. The van der Waals surface area contributed by atoms with Gasteiger partial charge in [0.2, 0.25) is 0 Å². The van der Waals surface area contributed by atoms with Gasteiger partial charge in [-0.05, 0) is 46.5 Å². The SMILES string of the molecule is CCc1ccc2nc(N(Cc3ccccc3)C(=O)c3cccc4ccccc34)sc2c1. The Balaban J connectivity index is 1.62. The summed E-state index contributed by atoms with van der Waals surface area (Å²) in [6.07, 6.45) is 0.978. The highest BCUT2D eigenvalue weighted by Gasteiger charge is 2.23. The summed E-state index contributed by atoms with van der Waals surface area (Å²) in [5.74, 6) is -0.0320. The lowest BCUT2D eigenvalue weighted by molar-refractivity contribution is 0.0986. The van der Waals surface area contributed by atoms with E-state index in [2.05, 4.69) is 25.1 Å². The van der Waals surface area contributed by atoms with Crippen molar-refractivity contribution in [2.45, 2.75) is 19.9 Å². The van der Waals surface area contributed by atoms with Crippen LogP contribution in [0.3, 0.4) is 0 Å². The van der Waals surface area contributed by atoms with E-state index in [0.717, 1.165) is 38.1 Å². The van der Waals surface area contributed by atoms with Crippen LogP contribution in [0, 0.1) is 0 Å². The third-order valence-corrected chi connectivity index (χ3v) is 6.57. The first-order valence-corrected chi connectivity index (χ1v) is 11.3. The second kappa shape index (κ2) is 8.32. The lowest BCUT2D eigenvalue weighted by Crippen LogP contribution is -2.30. The Bertz CT molecular complexity index is 1370. The number of carbonyl (C=O) groups is 1. The summed E-state index contributed by atoms with van der Waals surface area (Å²) in [5.41, 5.74) is 3.98. The molecule has 0 bridgehead atoms.